The minimum Gasteiger partial charge on any atom is -0.444 e. The van der Waals surface area contributed by atoms with Crippen LogP contribution in [0.5, 0.6) is 0 Å². The summed E-state index contributed by atoms with van der Waals surface area (Å²) in [5, 5.41) is 9.19. The number of halogens is 1. The summed E-state index contributed by atoms with van der Waals surface area (Å²) in [6.45, 7) is 7.48. The van der Waals surface area contributed by atoms with E-state index in [1.54, 1.807) is 7.05 Å². The summed E-state index contributed by atoms with van der Waals surface area (Å²) in [6.07, 6.45) is 0.387. The Kier molecular flexibility index (Phi) is 8.60. The fourth-order valence-corrected chi connectivity index (χ4v) is 2.07. The zero-order chi connectivity index (χ0) is 18.0. The summed E-state index contributed by atoms with van der Waals surface area (Å²) in [7, 11) is 1.73. The van der Waals surface area contributed by atoms with E-state index in [1.165, 1.54) is 5.56 Å². The van der Waals surface area contributed by atoms with Crippen LogP contribution >= 0.6 is 15.9 Å². The molecule has 0 fully saturated rings. The molecule has 0 spiro atoms. The highest BCUT2D eigenvalue weighted by Gasteiger charge is 2.15. The topological polar surface area (TPSA) is 74.8 Å². The summed E-state index contributed by atoms with van der Waals surface area (Å²) in [5.74, 6) is 0.732. The smallest absolute Gasteiger partial charge is 0.407 e. The zero-order valence-corrected chi connectivity index (χ0v) is 16.4. The van der Waals surface area contributed by atoms with Crippen LogP contribution in [0.2, 0.25) is 0 Å². The summed E-state index contributed by atoms with van der Waals surface area (Å²) in [5.41, 5.74) is 0.703. The molecule has 0 aliphatic heterocycles. The Morgan fingerprint density at radius 1 is 1.12 bits per heavy atom. The fraction of sp³-hybridized carbons (Fsp3) is 0.529. The number of ether oxygens (including phenoxy) is 1. The van der Waals surface area contributed by atoms with Crippen molar-refractivity contribution in [3.05, 3.63) is 34.3 Å². The van der Waals surface area contributed by atoms with E-state index >= 15 is 0 Å². The number of amides is 1. The van der Waals surface area contributed by atoms with E-state index in [9.17, 15) is 4.79 Å². The largest absolute Gasteiger partial charge is 0.444 e. The molecule has 24 heavy (non-hydrogen) atoms. The summed E-state index contributed by atoms with van der Waals surface area (Å²) in [4.78, 5) is 15.7. The van der Waals surface area contributed by atoms with Crippen molar-refractivity contribution in [2.75, 3.05) is 20.1 Å². The first-order valence-electron chi connectivity index (χ1n) is 7.96. The Morgan fingerprint density at radius 3 is 2.33 bits per heavy atom. The molecule has 0 aliphatic rings. The summed E-state index contributed by atoms with van der Waals surface area (Å²) >= 11 is 3.42. The van der Waals surface area contributed by atoms with Gasteiger partial charge < -0.3 is 20.7 Å². The van der Waals surface area contributed by atoms with Gasteiger partial charge in [-0.1, -0.05) is 28.1 Å². The molecule has 0 atom stereocenters. The molecule has 134 valence electrons. The number of hydrogen-bond donors (Lipinski definition) is 3. The van der Waals surface area contributed by atoms with Gasteiger partial charge in [0, 0.05) is 31.2 Å². The van der Waals surface area contributed by atoms with Crippen molar-refractivity contribution in [3.8, 4) is 0 Å². The first-order valence-corrected chi connectivity index (χ1v) is 8.75. The van der Waals surface area contributed by atoms with E-state index in [4.69, 9.17) is 4.74 Å². The molecule has 1 amide bonds. The van der Waals surface area contributed by atoms with Crippen LogP contribution in [-0.4, -0.2) is 37.8 Å². The van der Waals surface area contributed by atoms with Crippen LogP contribution in [-0.2, 0) is 11.3 Å². The Hall–Kier alpha value is -1.76. The van der Waals surface area contributed by atoms with E-state index in [0.717, 1.165) is 16.9 Å². The molecule has 7 heteroatoms. The van der Waals surface area contributed by atoms with Crippen molar-refractivity contribution in [3.63, 3.8) is 0 Å². The van der Waals surface area contributed by atoms with Crippen LogP contribution in [0.4, 0.5) is 4.79 Å². The van der Waals surface area contributed by atoms with Crippen LogP contribution in [0.1, 0.15) is 32.8 Å². The third kappa shape index (κ3) is 9.39. The van der Waals surface area contributed by atoms with Gasteiger partial charge in [0.1, 0.15) is 5.60 Å². The number of nitrogens with zero attached hydrogens (tertiary/aromatic N) is 1. The van der Waals surface area contributed by atoms with Gasteiger partial charge in [-0.25, -0.2) is 4.79 Å². The molecule has 1 aromatic rings. The molecule has 0 bridgehead atoms. The van der Waals surface area contributed by atoms with E-state index in [-0.39, 0.29) is 6.09 Å². The second-order valence-electron chi connectivity index (χ2n) is 6.26. The lowest BCUT2D eigenvalue weighted by Gasteiger charge is -2.19. The first kappa shape index (κ1) is 20.3. The Bertz CT molecular complexity index is 539. The van der Waals surface area contributed by atoms with Crippen LogP contribution in [0, 0.1) is 0 Å². The van der Waals surface area contributed by atoms with E-state index in [0.29, 0.717) is 19.6 Å². The summed E-state index contributed by atoms with van der Waals surface area (Å²) in [6, 6.07) is 8.12. The standard InChI is InChI=1S/C17H27BrN4O2/c1-17(2,3)24-16(23)21-11-5-10-20-15(19-4)22-12-13-6-8-14(18)9-7-13/h6-9H,5,10-12H2,1-4H3,(H,21,23)(H2,19,20,22). The predicted molar refractivity (Wildman–Crippen MR) is 101 cm³/mol. The third-order valence-corrected chi connectivity index (χ3v) is 3.44. The van der Waals surface area contributed by atoms with Gasteiger partial charge in [-0.15, -0.1) is 0 Å². The Balaban J connectivity index is 2.18. The fourth-order valence-electron chi connectivity index (χ4n) is 1.81. The summed E-state index contributed by atoms with van der Waals surface area (Å²) < 4.78 is 6.23. The van der Waals surface area contributed by atoms with Crippen molar-refractivity contribution in [1.29, 1.82) is 0 Å². The highest BCUT2D eigenvalue weighted by atomic mass is 79.9. The molecule has 0 aliphatic carbocycles. The average molecular weight is 399 g/mol. The van der Waals surface area contributed by atoms with E-state index < -0.39 is 5.60 Å². The lowest BCUT2D eigenvalue weighted by Crippen LogP contribution is -2.39. The maximum Gasteiger partial charge on any atom is 0.407 e. The van der Waals surface area contributed by atoms with Crippen molar-refractivity contribution in [1.82, 2.24) is 16.0 Å². The molecule has 1 rings (SSSR count). The van der Waals surface area contributed by atoms with Gasteiger partial charge in [-0.3, -0.25) is 4.99 Å². The molecule has 0 unspecified atom stereocenters. The number of nitrogens with one attached hydrogen (secondary N) is 3. The zero-order valence-electron chi connectivity index (χ0n) is 14.8. The maximum absolute atomic E-state index is 11.5. The number of rotatable bonds is 6. The number of benzene rings is 1. The van der Waals surface area contributed by atoms with Gasteiger partial charge in [0.2, 0.25) is 0 Å². The SMILES string of the molecule is CN=C(NCCCNC(=O)OC(C)(C)C)NCc1ccc(Br)cc1. The maximum atomic E-state index is 11.5. The first-order chi connectivity index (χ1) is 11.3. The quantitative estimate of drug-likeness (QED) is 0.391. The molecule has 6 nitrogen and oxygen atoms in total. The number of alkyl carbamates (subject to hydrolysis) is 1. The number of carbonyl (C=O) groups is 1. The lowest BCUT2D eigenvalue weighted by atomic mass is 10.2. The second-order valence-corrected chi connectivity index (χ2v) is 7.18. The Labute approximate surface area is 152 Å². The van der Waals surface area contributed by atoms with Crippen molar-refractivity contribution >= 4 is 28.0 Å². The molecule has 0 radical (unpaired) electrons. The number of carbonyl (C=O) groups excluding carboxylic acids is 1. The number of guanidine groups is 1. The molecule has 3 N–H and O–H groups in total. The average Bonchev–Trinajstić information content (AvgIpc) is 2.50. The minimum atomic E-state index is -0.471. The predicted octanol–water partition coefficient (Wildman–Crippen LogP) is 3.03. The van der Waals surface area contributed by atoms with Gasteiger partial charge >= 0.3 is 6.09 Å². The minimum absolute atomic E-state index is 0.389. The van der Waals surface area contributed by atoms with Crippen LogP contribution in [0.15, 0.2) is 33.7 Å². The van der Waals surface area contributed by atoms with Crippen LogP contribution in [0.25, 0.3) is 0 Å². The molecule has 0 saturated heterocycles. The van der Waals surface area contributed by atoms with Gasteiger partial charge in [0.25, 0.3) is 0 Å². The monoisotopic (exact) mass is 398 g/mol. The van der Waals surface area contributed by atoms with Crippen molar-refractivity contribution in [2.45, 2.75) is 39.3 Å². The van der Waals surface area contributed by atoms with E-state index in [1.807, 2.05) is 32.9 Å². The molecule has 1 aromatic carbocycles. The van der Waals surface area contributed by atoms with Gasteiger partial charge in [0.15, 0.2) is 5.96 Å². The number of hydrogen-bond acceptors (Lipinski definition) is 3. The third-order valence-electron chi connectivity index (χ3n) is 2.91. The molecular formula is C17H27BrN4O2. The second kappa shape index (κ2) is 10.2. The van der Waals surface area contributed by atoms with Crippen molar-refractivity contribution < 1.29 is 9.53 Å². The molecular weight excluding hydrogens is 372 g/mol. The van der Waals surface area contributed by atoms with Crippen LogP contribution in [0.3, 0.4) is 0 Å². The highest BCUT2D eigenvalue weighted by Crippen LogP contribution is 2.10. The number of aliphatic imine (C=N–C) groups is 1. The highest BCUT2D eigenvalue weighted by molar-refractivity contribution is 9.10. The lowest BCUT2D eigenvalue weighted by molar-refractivity contribution is 0.0527. The molecule has 0 aromatic heterocycles. The Morgan fingerprint density at radius 2 is 1.75 bits per heavy atom. The molecule has 0 heterocycles. The van der Waals surface area contributed by atoms with Gasteiger partial charge in [-0.05, 0) is 44.9 Å². The van der Waals surface area contributed by atoms with Gasteiger partial charge in [-0.2, -0.15) is 0 Å². The van der Waals surface area contributed by atoms with E-state index in [2.05, 4.69) is 49.0 Å². The van der Waals surface area contributed by atoms with Crippen molar-refractivity contribution in [2.24, 2.45) is 4.99 Å². The van der Waals surface area contributed by atoms with Crippen LogP contribution < -0.4 is 16.0 Å². The van der Waals surface area contributed by atoms with Gasteiger partial charge in [0.05, 0.1) is 0 Å². The molecule has 0 saturated carbocycles. The normalized spacial score (nSPS) is 11.8.